The second-order valence-corrected chi connectivity index (χ2v) is 13.1. The van der Waals surface area contributed by atoms with Crippen molar-refractivity contribution in [2.45, 2.75) is 122 Å². The van der Waals surface area contributed by atoms with E-state index in [-0.39, 0.29) is 0 Å². The molecule has 3 aliphatic carbocycles. The summed E-state index contributed by atoms with van der Waals surface area (Å²) in [7, 11) is 0. The third-order valence-corrected chi connectivity index (χ3v) is 9.69. The minimum atomic E-state index is -0.686. The Labute approximate surface area is 224 Å². The van der Waals surface area contributed by atoms with Gasteiger partial charge in [0.2, 0.25) is 0 Å². The van der Waals surface area contributed by atoms with Gasteiger partial charge in [-0.2, -0.15) is 0 Å². The zero-order valence-corrected chi connectivity index (χ0v) is 23.5. The highest BCUT2D eigenvalue weighted by Crippen LogP contribution is 2.60. The number of aliphatic hydroxyl groups is 3. The molecule has 0 saturated heterocycles. The Morgan fingerprint density at radius 2 is 1.78 bits per heavy atom. The minimum Gasteiger partial charge on any atom is -0.390 e. The molecule has 0 amide bonds. The second kappa shape index (κ2) is 12.2. The van der Waals surface area contributed by atoms with E-state index in [1.807, 2.05) is 44.2 Å². The van der Waals surface area contributed by atoms with Gasteiger partial charge in [0.15, 0.2) is 0 Å². The Bertz CT molecular complexity index is 915. The van der Waals surface area contributed by atoms with Crippen LogP contribution in [0.2, 0.25) is 0 Å². The zero-order valence-electron chi connectivity index (χ0n) is 23.5. The SMILES string of the molecule is C[C@H](CCCC(C)(C)O)[C@H]1CCC2/C(=C/C=C3\CC(O)[C@@H](OCc4ccccc4)[C@H](O)C3)CCC[C@@]21C. The summed E-state index contributed by atoms with van der Waals surface area (Å²) >= 11 is 0. The van der Waals surface area contributed by atoms with Gasteiger partial charge in [0.25, 0.3) is 0 Å². The number of allylic oxidation sites excluding steroid dienone is 3. The summed E-state index contributed by atoms with van der Waals surface area (Å²) in [6.45, 7) is 9.20. The summed E-state index contributed by atoms with van der Waals surface area (Å²) in [5.74, 6) is 2.07. The Balaban J connectivity index is 1.36. The first-order valence-corrected chi connectivity index (χ1v) is 14.7. The fourth-order valence-corrected chi connectivity index (χ4v) is 7.73. The number of fused-ring (bicyclic) bond motifs is 1. The number of ether oxygens (including phenoxy) is 1. The monoisotopic (exact) mass is 510 g/mol. The van der Waals surface area contributed by atoms with Crippen LogP contribution in [0.5, 0.6) is 0 Å². The van der Waals surface area contributed by atoms with Gasteiger partial charge in [-0.1, -0.05) is 80.3 Å². The van der Waals surface area contributed by atoms with Crippen LogP contribution in [-0.2, 0) is 11.3 Å². The van der Waals surface area contributed by atoms with Crippen molar-refractivity contribution in [3.8, 4) is 0 Å². The van der Waals surface area contributed by atoms with Crippen LogP contribution in [0.15, 0.2) is 53.6 Å². The van der Waals surface area contributed by atoms with Gasteiger partial charge in [0.1, 0.15) is 6.10 Å². The summed E-state index contributed by atoms with van der Waals surface area (Å²) in [5, 5.41) is 31.6. The molecule has 3 fully saturated rings. The molecule has 3 N–H and O–H groups in total. The summed E-state index contributed by atoms with van der Waals surface area (Å²) < 4.78 is 5.93. The fourth-order valence-electron chi connectivity index (χ4n) is 7.73. The van der Waals surface area contributed by atoms with Crippen LogP contribution in [0, 0.1) is 23.2 Å². The molecule has 7 atom stereocenters. The molecule has 4 rings (SSSR count). The molecule has 3 saturated carbocycles. The first kappa shape index (κ1) is 28.5. The number of benzene rings is 1. The molecular weight excluding hydrogens is 460 g/mol. The van der Waals surface area contributed by atoms with Crippen LogP contribution in [0.25, 0.3) is 0 Å². The predicted octanol–water partition coefficient (Wildman–Crippen LogP) is 6.73. The van der Waals surface area contributed by atoms with Crippen molar-refractivity contribution in [2.75, 3.05) is 0 Å². The van der Waals surface area contributed by atoms with Crippen molar-refractivity contribution in [3.05, 3.63) is 59.2 Å². The van der Waals surface area contributed by atoms with E-state index in [9.17, 15) is 15.3 Å². The van der Waals surface area contributed by atoms with Crippen molar-refractivity contribution in [1.29, 1.82) is 0 Å². The molecule has 0 aromatic heterocycles. The van der Waals surface area contributed by atoms with E-state index < -0.39 is 23.9 Å². The molecule has 3 aliphatic rings. The number of hydrogen-bond acceptors (Lipinski definition) is 4. The van der Waals surface area contributed by atoms with Gasteiger partial charge in [-0.25, -0.2) is 0 Å². The molecule has 0 radical (unpaired) electrons. The van der Waals surface area contributed by atoms with Crippen molar-refractivity contribution < 1.29 is 20.1 Å². The Morgan fingerprint density at radius 1 is 1.08 bits per heavy atom. The van der Waals surface area contributed by atoms with Crippen LogP contribution in [0.4, 0.5) is 0 Å². The molecule has 37 heavy (non-hydrogen) atoms. The van der Waals surface area contributed by atoms with E-state index >= 15 is 0 Å². The van der Waals surface area contributed by atoms with Crippen LogP contribution in [-0.4, -0.2) is 39.2 Å². The average Bonchev–Trinajstić information content (AvgIpc) is 3.19. The zero-order chi connectivity index (χ0) is 26.6. The highest BCUT2D eigenvalue weighted by molar-refractivity contribution is 5.26. The van der Waals surface area contributed by atoms with E-state index in [0.717, 1.165) is 36.3 Å². The molecule has 1 aromatic carbocycles. The van der Waals surface area contributed by atoms with Crippen molar-refractivity contribution in [2.24, 2.45) is 23.2 Å². The van der Waals surface area contributed by atoms with Gasteiger partial charge in [-0.3, -0.25) is 0 Å². The van der Waals surface area contributed by atoms with Gasteiger partial charge < -0.3 is 20.1 Å². The molecule has 0 aliphatic heterocycles. The summed E-state index contributed by atoms with van der Waals surface area (Å²) in [5.41, 5.74) is 3.53. The predicted molar refractivity (Wildman–Crippen MR) is 150 cm³/mol. The lowest BCUT2D eigenvalue weighted by atomic mass is 9.60. The van der Waals surface area contributed by atoms with Crippen LogP contribution < -0.4 is 0 Å². The standard InChI is InChI=1S/C33H50O4/c1-23(10-8-18-32(2,3)36)27-16-17-28-26(13-9-19-33(27,28)4)15-14-25-20-29(34)31(30(35)21-25)37-22-24-11-6-5-7-12-24/h5-7,11-12,14-15,23,27-31,34-36H,8-10,13,16-22H2,1-4H3/b25-14-,26-15+/t23-,27-,28?,29-,30?,31+,33-/m1/s1. The Morgan fingerprint density at radius 3 is 2.46 bits per heavy atom. The maximum Gasteiger partial charge on any atom is 0.110 e. The highest BCUT2D eigenvalue weighted by atomic mass is 16.5. The third-order valence-electron chi connectivity index (χ3n) is 9.69. The van der Waals surface area contributed by atoms with E-state index in [1.54, 1.807) is 5.57 Å². The van der Waals surface area contributed by atoms with Crippen molar-refractivity contribution >= 4 is 0 Å². The largest absolute Gasteiger partial charge is 0.390 e. The molecule has 0 bridgehead atoms. The van der Waals surface area contributed by atoms with Gasteiger partial charge in [0.05, 0.1) is 24.4 Å². The van der Waals surface area contributed by atoms with Gasteiger partial charge >= 0.3 is 0 Å². The fraction of sp³-hybridized carbons (Fsp3) is 0.697. The second-order valence-electron chi connectivity index (χ2n) is 13.1. The van der Waals surface area contributed by atoms with Crippen molar-refractivity contribution in [1.82, 2.24) is 0 Å². The van der Waals surface area contributed by atoms with Gasteiger partial charge in [0, 0.05) is 0 Å². The number of aliphatic hydroxyl groups excluding tert-OH is 2. The van der Waals surface area contributed by atoms with E-state index in [4.69, 9.17) is 4.74 Å². The van der Waals surface area contributed by atoms with E-state index in [1.165, 1.54) is 32.1 Å². The highest BCUT2D eigenvalue weighted by Gasteiger charge is 2.50. The van der Waals surface area contributed by atoms with Crippen LogP contribution >= 0.6 is 0 Å². The molecule has 1 aromatic rings. The maximum atomic E-state index is 10.8. The number of rotatable bonds is 9. The maximum absolute atomic E-state index is 10.8. The average molecular weight is 511 g/mol. The number of hydrogen-bond donors (Lipinski definition) is 3. The first-order valence-electron chi connectivity index (χ1n) is 14.7. The third kappa shape index (κ3) is 7.15. The molecule has 4 heteroatoms. The molecule has 2 unspecified atom stereocenters. The molecule has 4 nitrogen and oxygen atoms in total. The Hall–Kier alpha value is -1.46. The lowest BCUT2D eigenvalue weighted by Gasteiger charge is -2.44. The van der Waals surface area contributed by atoms with Crippen LogP contribution in [0.1, 0.15) is 97.5 Å². The van der Waals surface area contributed by atoms with Gasteiger partial charge in [-0.05, 0) is 93.9 Å². The summed E-state index contributed by atoms with van der Waals surface area (Å²) in [6, 6.07) is 9.92. The first-order chi connectivity index (χ1) is 17.6. The summed E-state index contributed by atoms with van der Waals surface area (Å²) in [4.78, 5) is 0. The lowest BCUT2D eigenvalue weighted by molar-refractivity contribution is -0.116. The quantitative estimate of drug-likeness (QED) is 0.344. The molecule has 206 valence electrons. The molecule has 0 heterocycles. The van der Waals surface area contributed by atoms with Crippen molar-refractivity contribution in [3.63, 3.8) is 0 Å². The topological polar surface area (TPSA) is 69.9 Å². The molecular formula is C33H50O4. The van der Waals surface area contributed by atoms with Crippen LogP contribution in [0.3, 0.4) is 0 Å². The van der Waals surface area contributed by atoms with E-state index in [2.05, 4.69) is 26.0 Å². The minimum absolute atomic E-state index is 0.360. The Kier molecular flexibility index (Phi) is 9.38. The van der Waals surface area contributed by atoms with Gasteiger partial charge in [-0.15, -0.1) is 0 Å². The normalized spacial score (nSPS) is 35.6. The molecule has 0 spiro atoms. The smallest absolute Gasteiger partial charge is 0.110 e. The lowest BCUT2D eigenvalue weighted by Crippen LogP contribution is -2.43. The summed E-state index contributed by atoms with van der Waals surface area (Å²) in [6.07, 6.45) is 13.2. The van der Waals surface area contributed by atoms with E-state index in [0.29, 0.717) is 36.7 Å².